The Labute approximate surface area is 97.1 Å². The largest absolute Gasteiger partial charge is 0.354 e. The Bertz CT molecular complexity index is 840. The van der Waals surface area contributed by atoms with Crippen LogP contribution in [-0.2, 0) is 0 Å². The number of nitrogens with one attached hydrogen (secondary N) is 1. The minimum absolute atomic E-state index is 0.925. The number of rotatable bonds is 0. The lowest BCUT2D eigenvalue weighted by Crippen LogP contribution is -1.82. The van der Waals surface area contributed by atoms with Crippen LogP contribution in [0.5, 0.6) is 0 Å². The van der Waals surface area contributed by atoms with E-state index >= 15 is 0 Å². The van der Waals surface area contributed by atoms with Gasteiger partial charge in [0.2, 0.25) is 0 Å². The summed E-state index contributed by atoms with van der Waals surface area (Å²) in [6.45, 7) is 0. The molecule has 0 aliphatic carbocycles. The molecule has 2 heterocycles. The summed E-state index contributed by atoms with van der Waals surface area (Å²) in [5.74, 6) is 0. The number of H-pyrrole nitrogens is 1. The van der Waals surface area contributed by atoms with Crippen molar-refractivity contribution in [3.8, 4) is 0 Å². The van der Waals surface area contributed by atoms with Gasteiger partial charge in [-0.3, -0.25) is 9.97 Å². The van der Waals surface area contributed by atoms with Gasteiger partial charge in [-0.05, 0) is 24.3 Å². The van der Waals surface area contributed by atoms with Gasteiger partial charge in [0.25, 0.3) is 0 Å². The molecule has 1 radical (unpaired) electrons. The van der Waals surface area contributed by atoms with Crippen LogP contribution in [0.1, 0.15) is 0 Å². The van der Waals surface area contributed by atoms with Gasteiger partial charge in [-0.2, -0.15) is 0 Å². The second kappa shape index (κ2) is 3.04. The van der Waals surface area contributed by atoms with Gasteiger partial charge >= 0.3 is 0 Å². The molecule has 0 saturated carbocycles. The highest BCUT2D eigenvalue weighted by Crippen LogP contribution is 2.29. The Hall–Kier alpha value is -2.42. The van der Waals surface area contributed by atoms with Crippen molar-refractivity contribution in [2.45, 2.75) is 0 Å². The van der Waals surface area contributed by atoms with Crippen LogP contribution in [0.2, 0.25) is 0 Å². The molecule has 0 unspecified atom stereocenters. The van der Waals surface area contributed by atoms with Crippen LogP contribution in [0, 0.1) is 6.07 Å². The zero-order valence-electron chi connectivity index (χ0n) is 8.94. The third-order valence-corrected chi connectivity index (χ3v) is 3.04. The number of benzene rings is 2. The van der Waals surface area contributed by atoms with E-state index in [9.17, 15) is 0 Å². The van der Waals surface area contributed by atoms with Gasteiger partial charge in [-0.15, -0.1) is 0 Å². The molecule has 1 N–H and O–H groups in total. The monoisotopic (exact) mass is 218 g/mol. The molecule has 3 heteroatoms. The zero-order chi connectivity index (χ0) is 11.2. The first kappa shape index (κ1) is 8.70. The van der Waals surface area contributed by atoms with E-state index in [2.05, 4.69) is 27.1 Å². The first-order valence-electron chi connectivity index (χ1n) is 5.45. The van der Waals surface area contributed by atoms with E-state index in [0.29, 0.717) is 0 Å². The summed E-state index contributed by atoms with van der Waals surface area (Å²) >= 11 is 0. The van der Waals surface area contributed by atoms with Gasteiger partial charge in [0.15, 0.2) is 0 Å². The predicted octanol–water partition coefficient (Wildman–Crippen LogP) is 3.06. The average Bonchev–Trinajstić information content (AvgIpc) is 2.77. The van der Waals surface area contributed by atoms with Crippen LogP contribution >= 0.6 is 0 Å². The fraction of sp³-hybridized carbons (Fsp3) is 0. The van der Waals surface area contributed by atoms with Crippen molar-refractivity contribution in [1.29, 1.82) is 0 Å². The van der Waals surface area contributed by atoms with Crippen molar-refractivity contribution in [1.82, 2.24) is 15.0 Å². The van der Waals surface area contributed by atoms with Crippen LogP contribution in [-0.4, -0.2) is 15.0 Å². The Balaban J connectivity index is 2.38. The molecule has 4 aromatic rings. The summed E-state index contributed by atoms with van der Waals surface area (Å²) in [4.78, 5) is 12.1. The minimum atomic E-state index is 0.925. The van der Waals surface area contributed by atoms with E-state index in [1.54, 1.807) is 12.4 Å². The van der Waals surface area contributed by atoms with E-state index in [-0.39, 0.29) is 0 Å². The molecule has 0 atom stereocenters. The lowest BCUT2D eigenvalue weighted by Gasteiger charge is -1.97. The van der Waals surface area contributed by atoms with Crippen molar-refractivity contribution in [2.24, 2.45) is 0 Å². The van der Waals surface area contributed by atoms with Gasteiger partial charge in [-0.1, -0.05) is 12.1 Å². The lowest BCUT2D eigenvalue weighted by molar-refractivity contribution is 1.30. The molecule has 79 valence electrons. The van der Waals surface area contributed by atoms with E-state index in [0.717, 1.165) is 27.5 Å². The molecule has 0 amide bonds. The summed E-state index contributed by atoms with van der Waals surface area (Å²) in [6, 6.07) is 13.1. The first-order chi connectivity index (χ1) is 8.43. The van der Waals surface area contributed by atoms with Crippen LogP contribution in [0.25, 0.3) is 32.8 Å². The quantitative estimate of drug-likeness (QED) is 0.493. The average molecular weight is 218 g/mol. The van der Waals surface area contributed by atoms with Crippen LogP contribution in [0.15, 0.2) is 42.7 Å². The van der Waals surface area contributed by atoms with Crippen molar-refractivity contribution in [2.75, 3.05) is 0 Å². The van der Waals surface area contributed by atoms with E-state index in [4.69, 9.17) is 0 Å². The molecule has 0 fully saturated rings. The highest BCUT2D eigenvalue weighted by Gasteiger charge is 2.08. The van der Waals surface area contributed by atoms with E-state index in [1.165, 1.54) is 5.39 Å². The van der Waals surface area contributed by atoms with Gasteiger partial charge < -0.3 is 4.98 Å². The highest BCUT2D eigenvalue weighted by atomic mass is 14.8. The van der Waals surface area contributed by atoms with E-state index in [1.807, 2.05) is 24.3 Å². The van der Waals surface area contributed by atoms with Crippen LogP contribution < -0.4 is 0 Å². The number of fused-ring (bicyclic) bond motifs is 5. The Morgan fingerprint density at radius 2 is 1.94 bits per heavy atom. The smallest absolute Gasteiger partial charge is 0.0986 e. The molecule has 0 aliphatic rings. The maximum atomic E-state index is 4.44. The predicted molar refractivity (Wildman–Crippen MR) is 67.7 cm³/mol. The van der Waals surface area contributed by atoms with Gasteiger partial charge in [0.1, 0.15) is 0 Å². The first-order valence-corrected chi connectivity index (χ1v) is 5.45. The number of hydrogen-bond donors (Lipinski definition) is 1. The normalized spacial score (nSPS) is 11.5. The maximum Gasteiger partial charge on any atom is 0.0986 e. The third kappa shape index (κ3) is 1.11. The van der Waals surface area contributed by atoms with Gasteiger partial charge in [-0.25, -0.2) is 0 Å². The Kier molecular flexibility index (Phi) is 1.56. The van der Waals surface area contributed by atoms with Crippen molar-refractivity contribution < 1.29 is 0 Å². The van der Waals surface area contributed by atoms with E-state index < -0.39 is 0 Å². The van der Waals surface area contributed by atoms with Crippen LogP contribution in [0.4, 0.5) is 0 Å². The van der Waals surface area contributed by atoms with Crippen molar-refractivity contribution >= 4 is 32.8 Å². The lowest BCUT2D eigenvalue weighted by atomic mass is 10.1. The summed E-state index contributed by atoms with van der Waals surface area (Å²) < 4.78 is 0. The third-order valence-electron chi connectivity index (χ3n) is 3.04. The summed E-state index contributed by atoms with van der Waals surface area (Å²) in [5.41, 5.74) is 4.05. The van der Waals surface area contributed by atoms with Crippen LogP contribution in [0.3, 0.4) is 0 Å². The molecule has 0 saturated heterocycles. The molecule has 0 spiro atoms. The number of aromatic amines is 1. The molecule has 2 aromatic carbocycles. The summed E-state index contributed by atoms with van der Waals surface area (Å²) in [6.07, 6.45) is 3.45. The fourth-order valence-electron chi connectivity index (χ4n) is 2.31. The molecular formula is C14H8N3. The maximum absolute atomic E-state index is 4.44. The minimum Gasteiger partial charge on any atom is -0.354 e. The summed E-state index contributed by atoms with van der Waals surface area (Å²) in [7, 11) is 0. The second-order valence-corrected chi connectivity index (χ2v) is 4.01. The number of nitrogens with zero attached hydrogens (tertiary/aromatic N) is 2. The van der Waals surface area contributed by atoms with Gasteiger partial charge in [0, 0.05) is 34.2 Å². The molecular weight excluding hydrogens is 210 g/mol. The topological polar surface area (TPSA) is 41.6 Å². The molecule has 17 heavy (non-hydrogen) atoms. The molecule has 4 rings (SSSR count). The van der Waals surface area contributed by atoms with Crippen molar-refractivity contribution in [3.05, 3.63) is 48.8 Å². The Morgan fingerprint density at radius 3 is 2.94 bits per heavy atom. The second-order valence-electron chi connectivity index (χ2n) is 4.01. The highest BCUT2D eigenvalue weighted by molar-refractivity contribution is 6.18. The molecule has 0 aliphatic heterocycles. The fourth-order valence-corrected chi connectivity index (χ4v) is 2.31. The Morgan fingerprint density at radius 1 is 1.00 bits per heavy atom. The molecule has 0 bridgehead atoms. The zero-order valence-corrected chi connectivity index (χ0v) is 8.94. The molecule has 2 aromatic heterocycles. The SMILES string of the molecule is [c]1ccc2c(c1)[nH]c1ccc3nccnc3c12. The number of hydrogen-bond acceptors (Lipinski definition) is 2. The van der Waals surface area contributed by atoms with Gasteiger partial charge in [0.05, 0.1) is 11.0 Å². The molecule has 3 nitrogen and oxygen atoms in total. The standard InChI is InChI=1S/C14H8N3/c1-2-4-10-9(3-1)13-11(17-10)5-6-12-14(13)16-8-7-15-12/h1,3-8,17H. The number of aromatic nitrogens is 3. The summed E-state index contributed by atoms with van der Waals surface area (Å²) in [5, 5.41) is 2.31. The van der Waals surface area contributed by atoms with Crippen molar-refractivity contribution in [3.63, 3.8) is 0 Å².